The number of carbonyl (C=O) groups excluding carboxylic acids is 1. The van der Waals surface area contributed by atoms with Crippen LogP contribution in [0.1, 0.15) is 38.2 Å². The fourth-order valence-corrected chi connectivity index (χ4v) is 3.14. The number of hydrogen-bond donors (Lipinski definition) is 3. The molecule has 6 N–H and O–H groups in total. The Kier molecular flexibility index (Phi) is 5.60. The van der Waals surface area contributed by atoms with Gasteiger partial charge in [-0.1, -0.05) is 30.3 Å². The van der Waals surface area contributed by atoms with Crippen molar-refractivity contribution in [1.29, 1.82) is 0 Å². The third-order valence-electron chi connectivity index (χ3n) is 4.45. The third-order valence-corrected chi connectivity index (χ3v) is 4.45. The summed E-state index contributed by atoms with van der Waals surface area (Å²) in [7, 11) is 0. The quantitative estimate of drug-likeness (QED) is 0.411. The lowest BCUT2D eigenvalue weighted by Gasteiger charge is -2.33. The molecule has 1 saturated heterocycles. The zero-order valence-electron chi connectivity index (χ0n) is 13.7. The standard InChI is InChI=1S/C17H27N5O/c1-17(20,13-7-3-2-4-8-13)15(23)22-12-6-10-14(22)9-5-11-21-16(18)19/h2-4,7-8,14H,5-6,9-12,20H2,1H3,(H4,18,19,21)/t14-,17+/m1/s1. The van der Waals surface area contributed by atoms with Crippen LogP contribution >= 0.6 is 0 Å². The highest BCUT2D eigenvalue weighted by molar-refractivity contribution is 5.87. The predicted molar refractivity (Wildman–Crippen MR) is 92.6 cm³/mol. The summed E-state index contributed by atoms with van der Waals surface area (Å²) in [5, 5.41) is 0. The van der Waals surface area contributed by atoms with Gasteiger partial charge in [0.05, 0.1) is 0 Å². The van der Waals surface area contributed by atoms with E-state index in [1.165, 1.54) is 0 Å². The zero-order chi connectivity index (χ0) is 16.9. The van der Waals surface area contributed by atoms with Crippen molar-refractivity contribution in [3.63, 3.8) is 0 Å². The van der Waals surface area contributed by atoms with Gasteiger partial charge in [-0.3, -0.25) is 9.79 Å². The topological polar surface area (TPSA) is 111 Å². The molecule has 0 radical (unpaired) electrons. The van der Waals surface area contributed by atoms with Crippen LogP contribution in [0.4, 0.5) is 0 Å². The molecule has 1 fully saturated rings. The van der Waals surface area contributed by atoms with Gasteiger partial charge in [-0.25, -0.2) is 0 Å². The molecule has 1 amide bonds. The van der Waals surface area contributed by atoms with Crippen LogP contribution in [0.5, 0.6) is 0 Å². The van der Waals surface area contributed by atoms with Crippen LogP contribution in [0.25, 0.3) is 0 Å². The SMILES string of the molecule is C[C@@](N)(C(=O)N1CCC[C@H]1CCCN=C(N)N)c1ccccc1. The summed E-state index contributed by atoms with van der Waals surface area (Å²) in [4.78, 5) is 18.9. The van der Waals surface area contributed by atoms with E-state index in [9.17, 15) is 4.79 Å². The van der Waals surface area contributed by atoms with Crippen molar-refractivity contribution in [3.8, 4) is 0 Å². The molecular weight excluding hydrogens is 290 g/mol. The molecule has 1 heterocycles. The van der Waals surface area contributed by atoms with E-state index in [1.54, 1.807) is 6.92 Å². The second-order valence-electron chi connectivity index (χ2n) is 6.31. The minimum Gasteiger partial charge on any atom is -0.370 e. The first-order valence-corrected chi connectivity index (χ1v) is 8.14. The second-order valence-corrected chi connectivity index (χ2v) is 6.31. The van der Waals surface area contributed by atoms with E-state index in [4.69, 9.17) is 17.2 Å². The van der Waals surface area contributed by atoms with Crippen LogP contribution in [-0.2, 0) is 10.3 Å². The molecule has 23 heavy (non-hydrogen) atoms. The lowest BCUT2D eigenvalue weighted by atomic mass is 9.91. The smallest absolute Gasteiger partial charge is 0.247 e. The molecular formula is C17H27N5O. The highest BCUT2D eigenvalue weighted by Gasteiger charge is 2.39. The maximum atomic E-state index is 13.0. The molecule has 126 valence electrons. The Morgan fingerprint density at radius 2 is 2.04 bits per heavy atom. The Bertz CT molecular complexity index is 551. The molecule has 1 aliphatic heterocycles. The van der Waals surface area contributed by atoms with Gasteiger partial charge in [0, 0.05) is 19.1 Å². The molecule has 6 nitrogen and oxygen atoms in total. The normalized spacial score (nSPS) is 20.1. The second kappa shape index (κ2) is 7.46. The molecule has 1 aromatic rings. The number of carbonyl (C=O) groups is 1. The van der Waals surface area contributed by atoms with Crippen LogP contribution in [0.2, 0.25) is 0 Å². The Hall–Kier alpha value is -2.08. The van der Waals surface area contributed by atoms with Crippen LogP contribution < -0.4 is 17.2 Å². The molecule has 0 bridgehead atoms. The van der Waals surface area contributed by atoms with E-state index >= 15 is 0 Å². The molecule has 1 aliphatic rings. The molecule has 0 saturated carbocycles. The Morgan fingerprint density at radius 3 is 2.70 bits per heavy atom. The minimum absolute atomic E-state index is 0.00644. The summed E-state index contributed by atoms with van der Waals surface area (Å²) in [6.45, 7) is 3.16. The molecule has 0 unspecified atom stereocenters. The van der Waals surface area contributed by atoms with Gasteiger partial charge in [0.2, 0.25) is 5.91 Å². The lowest BCUT2D eigenvalue weighted by Crippen LogP contribution is -2.52. The Balaban J connectivity index is 2.01. The number of likely N-dealkylation sites (tertiary alicyclic amines) is 1. The van der Waals surface area contributed by atoms with Crippen molar-refractivity contribution in [2.75, 3.05) is 13.1 Å². The van der Waals surface area contributed by atoms with Crippen LogP contribution in [0.3, 0.4) is 0 Å². The largest absolute Gasteiger partial charge is 0.370 e. The molecule has 1 aromatic carbocycles. The van der Waals surface area contributed by atoms with Crippen molar-refractivity contribution in [2.45, 2.75) is 44.2 Å². The van der Waals surface area contributed by atoms with Crippen molar-refractivity contribution in [2.24, 2.45) is 22.2 Å². The predicted octanol–water partition coefficient (Wildman–Crippen LogP) is 0.905. The van der Waals surface area contributed by atoms with Crippen molar-refractivity contribution < 1.29 is 4.79 Å². The van der Waals surface area contributed by atoms with Gasteiger partial charge < -0.3 is 22.1 Å². The van der Waals surface area contributed by atoms with Gasteiger partial charge in [-0.2, -0.15) is 0 Å². The fourth-order valence-electron chi connectivity index (χ4n) is 3.14. The molecule has 2 atom stereocenters. The van der Waals surface area contributed by atoms with Crippen molar-refractivity contribution in [1.82, 2.24) is 4.90 Å². The number of amides is 1. The van der Waals surface area contributed by atoms with E-state index in [0.717, 1.165) is 37.8 Å². The van der Waals surface area contributed by atoms with Gasteiger partial charge in [0.1, 0.15) is 5.54 Å². The van der Waals surface area contributed by atoms with Gasteiger partial charge in [-0.05, 0) is 38.2 Å². The number of aliphatic imine (C=N–C) groups is 1. The average molecular weight is 317 g/mol. The lowest BCUT2D eigenvalue weighted by molar-refractivity contribution is -0.137. The number of nitrogens with two attached hydrogens (primary N) is 3. The fraction of sp³-hybridized carbons (Fsp3) is 0.529. The number of benzene rings is 1. The summed E-state index contributed by atoms with van der Waals surface area (Å²) >= 11 is 0. The highest BCUT2D eigenvalue weighted by Crippen LogP contribution is 2.28. The summed E-state index contributed by atoms with van der Waals surface area (Å²) in [6.07, 6.45) is 3.79. The van der Waals surface area contributed by atoms with Crippen LogP contribution in [0, 0.1) is 0 Å². The van der Waals surface area contributed by atoms with Gasteiger partial charge in [0.25, 0.3) is 0 Å². The number of rotatable bonds is 6. The summed E-state index contributed by atoms with van der Waals surface area (Å²) in [5.74, 6) is 0.107. The Morgan fingerprint density at radius 1 is 1.35 bits per heavy atom. The molecule has 2 rings (SSSR count). The molecule has 0 spiro atoms. The maximum Gasteiger partial charge on any atom is 0.247 e. The summed E-state index contributed by atoms with van der Waals surface area (Å²) in [6, 6.07) is 9.77. The molecule has 0 aliphatic carbocycles. The summed E-state index contributed by atoms with van der Waals surface area (Å²) in [5.41, 5.74) is 16.9. The van der Waals surface area contributed by atoms with Gasteiger partial charge in [0.15, 0.2) is 5.96 Å². The Labute approximate surface area is 137 Å². The van der Waals surface area contributed by atoms with E-state index < -0.39 is 5.54 Å². The number of hydrogen-bond acceptors (Lipinski definition) is 3. The first-order valence-electron chi connectivity index (χ1n) is 8.14. The van der Waals surface area contributed by atoms with Gasteiger partial charge in [-0.15, -0.1) is 0 Å². The summed E-state index contributed by atoms with van der Waals surface area (Å²) < 4.78 is 0. The first kappa shape index (κ1) is 17.3. The van der Waals surface area contributed by atoms with E-state index in [0.29, 0.717) is 6.54 Å². The van der Waals surface area contributed by atoms with Crippen LogP contribution in [-0.4, -0.2) is 35.9 Å². The third kappa shape index (κ3) is 4.22. The maximum absolute atomic E-state index is 13.0. The number of nitrogens with zero attached hydrogens (tertiary/aromatic N) is 2. The minimum atomic E-state index is -0.996. The first-order chi connectivity index (χ1) is 10.9. The van der Waals surface area contributed by atoms with E-state index in [-0.39, 0.29) is 17.9 Å². The van der Waals surface area contributed by atoms with E-state index in [1.807, 2.05) is 35.2 Å². The zero-order valence-corrected chi connectivity index (χ0v) is 13.7. The average Bonchev–Trinajstić information content (AvgIpc) is 2.99. The molecule has 0 aromatic heterocycles. The van der Waals surface area contributed by atoms with Gasteiger partial charge >= 0.3 is 0 Å². The van der Waals surface area contributed by atoms with E-state index in [2.05, 4.69) is 4.99 Å². The monoisotopic (exact) mass is 317 g/mol. The number of guanidine groups is 1. The molecule has 6 heteroatoms. The highest BCUT2D eigenvalue weighted by atomic mass is 16.2. The van der Waals surface area contributed by atoms with Crippen molar-refractivity contribution in [3.05, 3.63) is 35.9 Å². The van der Waals surface area contributed by atoms with Crippen molar-refractivity contribution >= 4 is 11.9 Å². The van der Waals surface area contributed by atoms with Crippen LogP contribution in [0.15, 0.2) is 35.3 Å².